The molecular formula is C32H31F2N7O2. The lowest BCUT2D eigenvalue weighted by molar-refractivity contribution is 0.0398. The predicted molar refractivity (Wildman–Crippen MR) is 159 cm³/mol. The average Bonchev–Trinajstić information content (AvgIpc) is 3.37. The molecule has 3 aromatic carbocycles. The standard InChI is InChI=1S/C32H31F2N7O2/c1-38(2)21-15-40(16-21)32(42)19-8-25(33)30(26(34)9-19)23-12-24-27(10-20(23)13-35)36-37-31(24)18-4-5-28-29(11-18)43-17-22-14-39(3)6-7-41(22)28/h4-5,8-12,21-22H,6-7,14-17H2,1-3H3,(H,36,37). The first-order chi connectivity index (χ1) is 20.7. The molecule has 1 unspecified atom stereocenters. The van der Waals surface area contributed by atoms with Gasteiger partial charge < -0.3 is 24.3 Å². The summed E-state index contributed by atoms with van der Waals surface area (Å²) in [7, 11) is 5.97. The van der Waals surface area contributed by atoms with Gasteiger partial charge in [0.05, 0.1) is 34.4 Å². The van der Waals surface area contributed by atoms with E-state index in [0.717, 1.165) is 48.8 Å². The van der Waals surface area contributed by atoms with Crippen LogP contribution in [0.3, 0.4) is 0 Å². The van der Waals surface area contributed by atoms with Crippen LogP contribution >= 0.6 is 0 Å². The zero-order valence-corrected chi connectivity index (χ0v) is 24.2. The number of amides is 1. The number of carbonyl (C=O) groups excluding carboxylic acids is 1. The van der Waals surface area contributed by atoms with Crippen molar-refractivity contribution in [1.82, 2.24) is 24.9 Å². The third-order valence-corrected chi connectivity index (χ3v) is 8.92. The summed E-state index contributed by atoms with van der Waals surface area (Å²) in [6, 6.07) is 13.7. The van der Waals surface area contributed by atoms with Crippen molar-refractivity contribution in [3.05, 3.63) is 65.2 Å². The van der Waals surface area contributed by atoms with Crippen molar-refractivity contribution in [2.24, 2.45) is 0 Å². The van der Waals surface area contributed by atoms with Gasteiger partial charge in [-0.25, -0.2) is 8.78 Å². The Hall–Kier alpha value is -4.53. The van der Waals surface area contributed by atoms with Gasteiger partial charge in [-0.3, -0.25) is 9.89 Å². The van der Waals surface area contributed by atoms with E-state index in [0.29, 0.717) is 42.3 Å². The molecule has 0 bridgehead atoms. The van der Waals surface area contributed by atoms with E-state index in [1.165, 1.54) is 0 Å². The molecule has 220 valence electrons. The van der Waals surface area contributed by atoms with E-state index in [1.807, 2.05) is 37.2 Å². The highest BCUT2D eigenvalue weighted by Crippen LogP contribution is 2.41. The molecule has 0 radical (unpaired) electrons. The topological polar surface area (TPSA) is 91.7 Å². The molecule has 0 spiro atoms. The second-order valence-electron chi connectivity index (χ2n) is 11.9. The number of fused-ring (bicyclic) bond motifs is 4. The fourth-order valence-electron chi connectivity index (χ4n) is 6.34. The quantitative estimate of drug-likeness (QED) is 0.389. The molecule has 1 N–H and O–H groups in total. The normalized spacial score (nSPS) is 18.7. The van der Waals surface area contributed by atoms with Crippen molar-refractivity contribution in [3.8, 4) is 34.2 Å². The number of anilines is 1. The number of aromatic amines is 1. The summed E-state index contributed by atoms with van der Waals surface area (Å²) in [5, 5.41) is 18.0. The number of hydrogen-bond donors (Lipinski definition) is 1. The van der Waals surface area contributed by atoms with Crippen LogP contribution in [0.2, 0.25) is 0 Å². The Morgan fingerprint density at radius 1 is 1.09 bits per heavy atom. The van der Waals surface area contributed by atoms with Gasteiger partial charge in [-0.1, -0.05) is 6.07 Å². The molecule has 0 aliphatic carbocycles. The molecule has 43 heavy (non-hydrogen) atoms. The molecule has 3 aliphatic rings. The molecule has 1 aromatic heterocycles. The Kier molecular flexibility index (Phi) is 6.56. The summed E-state index contributed by atoms with van der Waals surface area (Å²) in [4.78, 5) is 21.2. The highest BCUT2D eigenvalue weighted by atomic mass is 19.1. The van der Waals surface area contributed by atoms with Gasteiger partial charge in [0.15, 0.2) is 0 Å². The van der Waals surface area contributed by atoms with Crippen molar-refractivity contribution in [1.29, 1.82) is 5.26 Å². The summed E-state index contributed by atoms with van der Waals surface area (Å²) in [5.41, 5.74) is 2.73. The number of likely N-dealkylation sites (tertiary alicyclic amines) is 1. The first-order valence-electron chi connectivity index (χ1n) is 14.3. The summed E-state index contributed by atoms with van der Waals surface area (Å²) in [6.45, 7) is 4.41. The number of piperazine rings is 1. The van der Waals surface area contributed by atoms with Crippen LogP contribution in [0, 0.1) is 23.0 Å². The van der Waals surface area contributed by atoms with Crippen LogP contribution in [-0.4, -0.2) is 103 Å². The second-order valence-corrected chi connectivity index (χ2v) is 11.9. The highest BCUT2D eigenvalue weighted by Gasteiger charge is 2.34. The number of nitrogens with one attached hydrogen (secondary N) is 1. The van der Waals surface area contributed by atoms with E-state index in [4.69, 9.17) is 4.74 Å². The number of benzene rings is 3. The highest BCUT2D eigenvalue weighted by molar-refractivity contribution is 5.99. The lowest BCUT2D eigenvalue weighted by Crippen LogP contribution is -2.59. The minimum absolute atomic E-state index is 0.0591. The van der Waals surface area contributed by atoms with Crippen molar-refractivity contribution in [2.75, 3.05) is 65.4 Å². The molecule has 4 aromatic rings. The lowest BCUT2D eigenvalue weighted by atomic mass is 9.94. The van der Waals surface area contributed by atoms with E-state index >= 15 is 8.78 Å². The average molecular weight is 584 g/mol. The summed E-state index contributed by atoms with van der Waals surface area (Å²) >= 11 is 0. The Balaban J connectivity index is 1.24. The van der Waals surface area contributed by atoms with Crippen LogP contribution in [0.5, 0.6) is 5.75 Å². The maximum atomic E-state index is 15.6. The van der Waals surface area contributed by atoms with Crippen molar-refractivity contribution >= 4 is 22.5 Å². The maximum Gasteiger partial charge on any atom is 0.254 e. The molecule has 9 nitrogen and oxygen atoms in total. The zero-order valence-electron chi connectivity index (χ0n) is 24.2. The van der Waals surface area contributed by atoms with Gasteiger partial charge in [0, 0.05) is 60.8 Å². The summed E-state index contributed by atoms with van der Waals surface area (Å²) in [5.74, 6) is -1.47. The number of ether oxygens (including phenoxy) is 1. The monoisotopic (exact) mass is 583 g/mol. The van der Waals surface area contributed by atoms with Gasteiger partial charge in [0.2, 0.25) is 0 Å². The van der Waals surface area contributed by atoms with Gasteiger partial charge in [0.25, 0.3) is 5.91 Å². The van der Waals surface area contributed by atoms with Crippen LogP contribution in [0.25, 0.3) is 33.3 Å². The number of carbonyl (C=O) groups is 1. The SMILES string of the molecule is CN1CCN2c3ccc(-c4n[nH]c5cc(C#N)c(-c6c(F)cc(C(=O)N7CC(N(C)C)C7)cc6F)cc45)cc3OCC2C1. The van der Waals surface area contributed by atoms with Gasteiger partial charge in [-0.15, -0.1) is 0 Å². The van der Waals surface area contributed by atoms with E-state index < -0.39 is 17.5 Å². The minimum Gasteiger partial charge on any atom is -0.489 e. The van der Waals surface area contributed by atoms with E-state index in [2.05, 4.69) is 33.1 Å². The lowest BCUT2D eigenvalue weighted by Gasteiger charge is -2.44. The number of aromatic nitrogens is 2. The van der Waals surface area contributed by atoms with Gasteiger partial charge >= 0.3 is 0 Å². The van der Waals surface area contributed by atoms with E-state index in [-0.39, 0.29) is 28.3 Å². The van der Waals surface area contributed by atoms with Crippen molar-refractivity contribution in [3.63, 3.8) is 0 Å². The van der Waals surface area contributed by atoms with Crippen LogP contribution in [0.4, 0.5) is 14.5 Å². The van der Waals surface area contributed by atoms with Crippen LogP contribution in [-0.2, 0) is 0 Å². The van der Waals surface area contributed by atoms with E-state index in [1.54, 1.807) is 17.0 Å². The fourth-order valence-corrected chi connectivity index (χ4v) is 6.34. The molecular weight excluding hydrogens is 552 g/mol. The molecule has 2 fully saturated rings. The molecule has 7 rings (SSSR count). The molecule has 4 heterocycles. The Morgan fingerprint density at radius 3 is 2.58 bits per heavy atom. The Labute approximate surface area is 247 Å². The predicted octanol–water partition coefficient (Wildman–Crippen LogP) is 3.95. The number of likely N-dealkylation sites (N-methyl/N-ethyl adjacent to an activating group) is 2. The number of H-pyrrole nitrogens is 1. The van der Waals surface area contributed by atoms with Gasteiger partial charge in [-0.05, 0) is 57.5 Å². The van der Waals surface area contributed by atoms with Crippen molar-refractivity contribution < 1.29 is 18.3 Å². The number of nitrogens with zero attached hydrogens (tertiary/aromatic N) is 6. The van der Waals surface area contributed by atoms with E-state index in [9.17, 15) is 10.1 Å². The summed E-state index contributed by atoms with van der Waals surface area (Å²) in [6.07, 6.45) is 0. The minimum atomic E-state index is -0.905. The molecule has 0 saturated carbocycles. The molecule has 3 aliphatic heterocycles. The molecule has 1 amide bonds. The first kappa shape index (κ1) is 27.3. The fraction of sp³-hybridized carbons (Fsp3) is 0.344. The molecule has 11 heteroatoms. The van der Waals surface area contributed by atoms with Crippen LogP contribution in [0.1, 0.15) is 15.9 Å². The summed E-state index contributed by atoms with van der Waals surface area (Å²) < 4.78 is 37.3. The Morgan fingerprint density at radius 2 is 1.86 bits per heavy atom. The first-order valence-corrected chi connectivity index (χ1v) is 14.3. The van der Waals surface area contributed by atoms with Crippen LogP contribution < -0.4 is 9.64 Å². The number of rotatable bonds is 4. The van der Waals surface area contributed by atoms with Gasteiger partial charge in [0.1, 0.15) is 29.7 Å². The third kappa shape index (κ3) is 4.58. The maximum absolute atomic E-state index is 15.6. The largest absolute Gasteiger partial charge is 0.489 e. The smallest absolute Gasteiger partial charge is 0.254 e. The Bertz CT molecular complexity index is 1780. The second kappa shape index (κ2) is 10.3. The number of nitriles is 1. The third-order valence-electron chi connectivity index (χ3n) is 8.92. The van der Waals surface area contributed by atoms with Crippen molar-refractivity contribution in [2.45, 2.75) is 12.1 Å². The molecule has 1 atom stereocenters. The number of halogens is 2. The van der Waals surface area contributed by atoms with Gasteiger partial charge in [-0.2, -0.15) is 10.4 Å². The number of hydrogen-bond acceptors (Lipinski definition) is 7. The zero-order chi connectivity index (χ0) is 30.0. The molecule has 2 saturated heterocycles. The van der Waals surface area contributed by atoms with Crippen LogP contribution in [0.15, 0.2) is 42.5 Å².